The first-order valence-corrected chi connectivity index (χ1v) is 5.18. The van der Waals surface area contributed by atoms with E-state index in [2.05, 4.69) is 0 Å². The van der Waals surface area contributed by atoms with Crippen molar-refractivity contribution in [1.82, 2.24) is 0 Å². The zero-order valence-corrected chi connectivity index (χ0v) is 10.9. The van der Waals surface area contributed by atoms with Crippen LogP contribution >= 0.6 is 0 Å². The van der Waals surface area contributed by atoms with Gasteiger partial charge in [-0.15, -0.1) is 0 Å². The van der Waals surface area contributed by atoms with Crippen LogP contribution in [0.2, 0.25) is 0 Å². The fraction of sp³-hybridized carbons (Fsp3) is 0.500. The van der Waals surface area contributed by atoms with Crippen LogP contribution in [0.4, 0.5) is 0 Å². The van der Waals surface area contributed by atoms with Gasteiger partial charge in [0.1, 0.15) is 11.4 Å². The van der Waals surface area contributed by atoms with Gasteiger partial charge in [0, 0.05) is 11.6 Å². The molecule has 0 aliphatic rings. The lowest BCUT2D eigenvalue weighted by atomic mass is 9.96. The highest BCUT2D eigenvalue weighted by atomic mass is 16.6. The summed E-state index contributed by atoms with van der Waals surface area (Å²) in [6.45, 7) is 3.69. The molecule has 5 nitrogen and oxygen atoms in total. The number of rotatable bonds is 5. The van der Waals surface area contributed by atoms with Crippen LogP contribution in [0, 0.1) is 0 Å². The summed E-state index contributed by atoms with van der Waals surface area (Å²) in [5.74, 6) is 7.14. The molecule has 17 heavy (non-hydrogen) atoms. The van der Waals surface area contributed by atoms with Gasteiger partial charge in [-0.3, -0.25) is 4.84 Å². The summed E-state index contributed by atoms with van der Waals surface area (Å²) in [5.41, 5.74) is 0.116. The van der Waals surface area contributed by atoms with Crippen LogP contribution in [0.1, 0.15) is 19.4 Å². The molecule has 0 aliphatic carbocycles. The van der Waals surface area contributed by atoms with Gasteiger partial charge in [0.15, 0.2) is 11.5 Å². The molecule has 0 saturated heterocycles. The van der Waals surface area contributed by atoms with Gasteiger partial charge in [-0.25, -0.2) is 5.90 Å². The van der Waals surface area contributed by atoms with Crippen LogP contribution in [0.15, 0.2) is 12.1 Å². The van der Waals surface area contributed by atoms with Crippen LogP contribution in [-0.4, -0.2) is 21.3 Å². The van der Waals surface area contributed by atoms with Gasteiger partial charge < -0.3 is 14.2 Å². The smallest absolute Gasteiger partial charge is 0.164 e. The fourth-order valence-electron chi connectivity index (χ4n) is 1.56. The molecule has 0 bridgehead atoms. The third-order valence-corrected chi connectivity index (χ3v) is 2.65. The van der Waals surface area contributed by atoms with E-state index in [4.69, 9.17) is 24.9 Å². The van der Waals surface area contributed by atoms with Crippen molar-refractivity contribution in [2.45, 2.75) is 19.4 Å². The van der Waals surface area contributed by atoms with Crippen molar-refractivity contribution < 1.29 is 19.0 Å². The standard InChI is InChI=1S/C12H19NO4/c1-12(2,17-13)8-6-10(15-4)11(16-5)7-9(8)14-3/h6-7H,13H2,1-5H3. The Hall–Kier alpha value is -1.46. The van der Waals surface area contributed by atoms with Crippen molar-refractivity contribution in [2.75, 3.05) is 21.3 Å². The topological polar surface area (TPSA) is 62.9 Å². The second-order valence-electron chi connectivity index (χ2n) is 4.04. The Morgan fingerprint density at radius 1 is 0.882 bits per heavy atom. The lowest BCUT2D eigenvalue weighted by Gasteiger charge is -2.25. The molecule has 0 spiro atoms. The number of methoxy groups -OCH3 is 3. The van der Waals surface area contributed by atoms with Crippen LogP contribution < -0.4 is 20.1 Å². The number of benzene rings is 1. The maximum Gasteiger partial charge on any atom is 0.164 e. The maximum absolute atomic E-state index is 5.30. The molecule has 96 valence electrons. The lowest BCUT2D eigenvalue weighted by molar-refractivity contribution is -0.0252. The molecule has 1 aromatic rings. The van der Waals surface area contributed by atoms with Crippen molar-refractivity contribution in [1.29, 1.82) is 0 Å². The lowest BCUT2D eigenvalue weighted by Crippen LogP contribution is -2.26. The molecule has 1 aromatic carbocycles. The van der Waals surface area contributed by atoms with Crippen molar-refractivity contribution in [2.24, 2.45) is 5.90 Å². The van der Waals surface area contributed by atoms with Gasteiger partial charge in [-0.1, -0.05) is 0 Å². The second-order valence-corrected chi connectivity index (χ2v) is 4.04. The monoisotopic (exact) mass is 241 g/mol. The summed E-state index contributed by atoms with van der Waals surface area (Å²) >= 11 is 0. The Morgan fingerprint density at radius 2 is 1.35 bits per heavy atom. The Balaban J connectivity index is 3.38. The summed E-state index contributed by atoms with van der Waals surface area (Å²) < 4.78 is 15.7. The van der Waals surface area contributed by atoms with Crippen molar-refractivity contribution in [3.63, 3.8) is 0 Å². The SMILES string of the molecule is COc1cc(OC)c(C(C)(C)ON)cc1OC. The molecule has 5 heteroatoms. The number of hydrogen-bond acceptors (Lipinski definition) is 5. The van der Waals surface area contributed by atoms with E-state index in [-0.39, 0.29) is 0 Å². The molecular formula is C12H19NO4. The minimum absolute atomic E-state index is 0.598. The van der Waals surface area contributed by atoms with Gasteiger partial charge in [-0.05, 0) is 19.9 Å². The highest BCUT2D eigenvalue weighted by Crippen LogP contribution is 2.40. The highest BCUT2D eigenvalue weighted by molar-refractivity contribution is 5.52. The summed E-state index contributed by atoms with van der Waals surface area (Å²) in [4.78, 5) is 4.96. The predicted molar refractivity (Wildman–Crippen MR) is 64.4 cm³/mol. The van der Waals surface area contributed by atoms with E-state index in [1.807, 2.05) is 13.8 Å². The predicted octanol–water partition coefficient (Wildman–Crippen LogP) is 1.84. The van der Waals surface area contributed by atoms with E-state index in [1.54, 1.807) is 33.5 Å². The Morgan fingerprint density at radius 3 is 1.76 bits per heavy atom. The third kappa shape index (κ3) is 2.62. The molecule has 0 amide bonds. The van der Waals surface area contributed by atoms with Gasteiger partial charge >= 0.3 is 0 Å². The number of ether oxygens (including phenoxy) is 3. The third-order valence-electron chi connectivity index (χ3n) is 2.65. The molecule has 0 unspecified atom stereocenters. The Kier molecular flexibility index (Phi) is 4.20. The van der Waals surface area contributed by atoms with E-state index in [0.29, 0.717) is 17.2 Å². The summed E-state index contributed by atoms with van der Waals surface area (Å²) in [6.07, 6.45) is 0. The molecule has 0 aliphatic heterocycles. The summed E-state index contributed by atoms with van der Waals surface area (Å²) in [6, 6.07) is 3.54. The van der Waals surface area contributed by atoms with Crippen molar-refractivity contribution in [3.05, 3.63) is 17.7 Å². The minimum Gasteiger partial charge on any atom is -0.496 e. The molecule has 0 atom stereocenters. The van der Waals surface area contributed by atoms with E-state index in [0.717, 1.165) is 5.56 Å². The van der Waals surface area contributed by atoms with Crippen LogP contribution in [0.25, 0.3) is 0 Å². The molecule has 0 heterocycles. The molecule has 0 aromatic heterocycles. The molecule has 1 rings (SSSR count). The normalized spacial score (nSPS) is 11.2. The van der Waals surface area contributed by atoms with Gasteiger partial charge in [0.25, 0.3) is 0 Å². The van der Waals surface area contributed by atoms with Crippen LogP contribution in [-0.2, 0) is 10.4 Å². The molecule has 0 saturated carbocycles. The first kappa shape index (κ1) is 13.6. The quantitative estimate of drug-likeness (QED) is 0.797. The largest absolute Gasteiger partial charge is 0.496 e. The van der Waals surface area contributed by atoms with E-state index in [9.17, 15) is 0 Å². The Bertz CT molecular complexity index is 390. The second kappa shape index (κ2) is 5.25. The molecule has 0 fully saturated rings. The zero-order chi connectivity index (χ0) is 13.1. The molecule has 0 radical (unpaired) electrons. The minimum atomic E-state index is -0.676. The average molecular weight is 241 g/mol. The fourth-order valence-corrected chi connectivity index (χ4v) is 1.56. The van der Waals surface area contributed by atoms with Gasteiger partial charge in [0.05, 0.1) is 21.3 Å². The van der Waals surface area contributed by atoms with E-state index in [1.165, 1.54) is 0 Å². The maximum atomic E-state index is 5.30. The Labute approximate surface area is 101 Å². The summed E-state index contributed by atoms with van der Waals surface area (Å²) in [5, 5.41) is 0. The van der Waals surface area contributed by atoms with Crippen LogP contribution in [0.5, 0.6) is 17.2 Å². The highest BCUT2D eigenvalue weighted by Gasteiger charge is 2.27. The summed E-state index contributed by atoms with van der Waals surface area (Å²) in [7, 11) is 4.73. The van der Waals surface area contributed by atoms with Gasteiger partial charge in [0.2, 0.25) is 0 Å². The number of nitrogens with two attached hydrogens (primary N) is 1. The molecular weight excluding hydrogens is 222 g/mol. The zero-order valence-electron chi connectivity index (χ0n) is 10.9. The number of hydrogen-bond donors (Lipinski definition) is 1. The molecule has 2 N–H and O–H groups in total. The van der Waals surface area contributed by atoms with E-state index >= 15 is 0 Å². The first-order valence-electron chi connectivity index (χ1n) is 5.18. The van der Waals surface area contributed by atoms with Gasteiger partial charge in [-0.2, -0.15) is 0 Å². The van der Waals surface area contributed by atoms with Crippen molar-refractivity contribution in [3.8, 4) is 17.2 Å². The van der Waals surface area contributed by atoms with Crippen molar-refractivity contribution >= 4 is 0 Å². The first-order chi connectivity index (χ1) is 8.00. The average Bonchev–Trinajstić information content (AvgIpc) is 2.36. The van der Waals surface area contributed by atoms with E-state index < -0.39 is 5.60 Å². The van der Waals surface area contributed by atoms with Crippen LogP contribution in [0.3, 0.4) is 0 Å².